The number of carbonyl (C=O) groups is 1. The summed E-state index contributed by atoms with van der Waals surface area (Å²) in [5.74, 6) is 2.00. The Hall–Kier alpha value is -2.36. The number of amides is 1. The number of hydrogen-bond acceptors (Lipinski definition) is 7. The molecule has 0 saturated carbocycles. The molecule has 0 N–H and O–H groups in total. The van der Waals surface area contributed by atoms with Crippen LogP contribution in [0.15, 0.2) is 57.3 Å². The monoisotopic (exact) mass is 484 g/mol. The minimum absolute atomic E-state index is 0.0638. The van der Waals surface area contributed by atoms with Crippen LogP contribution in [0.3, 0.4) is 0 Å². The van der Waals surface area contributed by atoms with Gasteiger partial charge in [0, 0.05) is 12.3 Å². The third-order valence-electron chi connectivity index (χ3n) is 6.00. The van der Waals surface area contributed by atoms with E-state index in [1.807, 2.05) is 28.5 Å². The van der Waals surface area contributed by atoms with Crippen molar-refractivity contribution in [3.05, 3.63) is 53.4 Å². The molecule has 0 spiro atoms. The lowest BCUT2D eigenvalue weighted by Crippen LogP contribution is -2.32. The average Bonchev–Trinajstić information content (AvgIpc) is 3.65. The van der Waals surface area contributed by atoms with E-state index < -0.39 is 0 Å². The minimum Gasteiger partial charge on any atom is -0.467 e. The Labute approximate surface area is 201 Å². The first-order chi connectivity index (χ1) is 16.3. The van der Waals surface area contributed by atoms with E-state index >= 15 is 0 Å². The van der Waals surface area contributed by atoms with Crippen molar-refractivity contribution in [3.8, 4) is 10.7 Å². The topological polar surface area (TPSA) is 73.4 Å². The van der Waals surface area contributed by atoms with Gasteiger partial charge in [0.25, 0.3) is 0 Å². The van der Waals surface area contributed by atoms with Gasteiger partial charge < -0.3 is 14.1 Å². The first kappa shape index (κ1) is 22.4. The number of ether oxygens (including phenoxy) is 1. The van der Waals surface area contributed by atoms with Crippen LogP contribution in [0.25, 0.3) is 10.7 Å². The van der Waals surface area contributed by atoms with Gasteiger partial charge in [0.15, 0.2) is 11.0 Å². The number of carbonyl (C=O) groups excluding carboxylic acids is 1. The van der Waals surface area contributed by atoms with E-state index in [9.17, 15) is 4.79 Å². The van der Waals surface area contributed by atoms with Gasteiger partial charge in [-0.1, -0.05) is 23.9 Å². The zero-order chi connectivity index (χ0) is 22.5. The second kappa shape index (κ2) is 10.7. The third-order valence-corrected chi connectivity index (χ3v) is 7.82. The van der Waals surface area contributed by atoms with Crippen LogP contribution in [0, 0.1) is 0 Å². The fraction of sp³-hybridized carbons (Fsp3) is 0.458. The predicted molar refractivity (Wildman–Crippen MR) is 129 cm³/mol. The molecule has 174 valence electrons. The Morgan fingerprint density at radius 3 is 2.94 bits per heavy atom. The highest BCUT2D eigenvalue weighted by atomic mass is 32.2. The Bertz CT molecular complexity index is 1070. The Morgan fingerprint density at radius 1 is 1.24 bits per heavy atom. The SMILES string of the molecule is O=C(CSc1nnc(-c2cccs2)n1C[C@H]1CCCO1)N(Cc1ccco1)C1=CCCCC1. The quantitative estimate of drug-likeness (QED) is 0.381. The van der Waals surface area contributed by atoms with E-state index in [0.29, 0.717) is 18.8 Å². The van der Waals surface area contributed by atoms with Gasteiger partial charge >= 0.3 is 0 Å². The number of hydrogen-bond donors (Lipinski definition) is 0. The average molecular weight is 485 g/mol. The molecule has 33 heavy (non-hydrogen) atoms. The van der Waals surface area contributed by atoms with Crippen molar-refractivity contribution >= 4 is 29.0 Å². The Morgan fingerprint density at radius 2 is 2.21 bits per heavy atom. The van der Waals surface area contributed by atoms with E-state index in [2.05, 4.69) is 26.9 Å². The van der Waals surface area contributed by atoms with Crippen molar-refractivity contribution in [1.29, 1.82) is 0 Å². The summed E-state index contributed by atoms with van der Waals surface area (Å²) in [7, 11) is 0. The van der Waals surface area contributed by atoms with Crippen molar-refractivity contribution in [2.24, 2.45) is 0 Å². The largest absolute Gasteiger partial charge is 0.467 e. The molecule has 2 aliphatic rings. The molecule has 0 unspecified atom stereocenters. The number of aromatic nitrogens is 3. The molecule has 0 radical (unpaired) electrons. The number of furan rings is 1. The van der Waals surface area contributed by atoms with Crippen LogP contribution in [0.2, 0.25) is 0 Å². The highest BCUT2D eigenvalue weighted by molar-refractivity contribution is 7.99. The van der Waals surface area contributed by atoms with Gasteiger partial charge in [-0.3, -0.25) is 9.36 Å². The highest BCUT2D eigenvalue weighted by Gasteiger charge is 2.25. The van der Waals surface area contributed by atoms with E-state index in [4.69, 9.17) is 9.15 Å². The van der Waals surface area contributed by atoms with Gasteiger partial charge in [-0.05, 0) is 62.1 Å². The molecule has 7 nitrogen and oxygen atoms in total. The molecule has 0 aromatic carbocycles. The zero-order valence-corrected chi connectivity index (χ0v) is 20.2. The maximum Gasteiger partial charge on any atom is 0.237 e. The summed E-state index contributed by atoms with van der Waals surface area (Å²) < 4.78 is 13.5. The van der Waals surface area contributed by atoms with Crippen LogP contribution >= 0.6 is 23.1 Å². The second-order valence-corrected chi connectivity index (χ2v) is 10.2. The number of thioether (sulfide) groups is 1. The van der Waals surface area contributed by atoms with Crippen LogP contribution < -0.4 is 0 Å². The molecular formula is C24H28N4O3S2. The Kier molecular flexibility index (Phi) is 7.28. The molecule has 5 rings (SSSR count). The van der Waals surface area contributed by atoms with Crippen LogP contribution in [-0.4, -0.2) is 44.0 Å². The summed E-state index contributed by atoms with van der Waals surface area (Å²) in [5, 5.41) is 11.7. The Balaban J connectivity index is 1.33. The predicted octanol–water partition coefficient (Wildman–Crippen LogP) is 5.36. The van der Waals surface area contributed by atoms with E-state index in [0.717, 1.165) is 66.0 Å². The number of rotatable bonds is 9. The molecule has 1 saturated heterocycles. The molecular weight excluding hydrogens is 456 g/mol. The first-order valence-electron chi connectivity index (χ1n) is 11.5. The molecule has 1 aliphatic carbocycles. The second-order valence-electron chi connectivity index (χ2n) is 8.32. The smallest absolute Gasteiger partial charge is 0.237 e. The van der Waals surface area contributed by atoms with Crippen molar-refractivity contribution < 1.29 is 13.9 Å². The van der Waals surface area contributed by atoms with Crippen LogP contribution in [0.4, 0.5) is 0 Å². The summed E-state index contributed by atoms with van der Waals surface area (Å²) in [6.07, 6.45) is 10.4. The van der Waals surface area contributed by atoms with Crippen molar-refractivity contribution in [3.63, 3.8) is 0 Å². The lowest BCUT2D eigenvalue weighted by Gasteiger charge is -2.27. The molecule has 1 amide bonds. The summed E-state index contributed by atoms with van der Waals surface area (Å²) >= 11 is 3.10. The molecule has 1 fully saturated rings. The molecule has 0 bridgehead atoms. The number of thiophene rings is 1. The van der Waals surface area contributed by atoms with E-state index in [1.54, 1.807) is 17.6 Å². The van der Waals surface area contributed by atoms with Crippen molar-refractivity contribution in [2.75, 3.05) is 12.4 Å². The molecule has 4 heterocycles. The first-order valence-corrected chi connectivity index (χ1v) is 13.4. The van der Waals surface area contributed by atoms with Crippen molar-refractivity contribution in [1.82, 2.24) is 19.7 Å². The standard InChI is InChI=1S/C24H28N4O3S2/c29-22(27(15-19-9-4-12-30-19)18-7-2-1-3-8-18)17-33-24-26-25-23(21-11-6-14-32-21)28(24)16-20-10-5-13-31-20/h4,6-7,9,11-12,14,20H,1-3,5,8,10,13,15-17H2/t20-/m1/s1. The van der Waals surface area contributed by atoms with Gasteiger partial charge in [0.05, 0.1) is 36.1 Å². The van der Waals surface area contributed by atoms with Gasteiger partial charge in [0.2, 0.25) is 5.91 Å². The molecule has 3 aromatic rings. The van der Waals surface area contributed by atoms with Gasteiger partial charge in [-0.2, -0.15) is 0 Å². The normalized spacial score (nSPS) is 18.4. The van der Waals surface area contributed by atoms with E-state index in [1.165, 1.54) is 18.2 Å². The maximum absolute atomic E-state index is 13.4. The molecule has 1 aliphatic heterocycles. The van der Waals surface area contributed by atoms with Gasteiger partial charge in [0.1, 0.15) is 5.76 Å². The molecule has 9 heteroatoms. The van der Waals surface area contributed by atoms with Crippen LogP contribution in [0.1, 0.15) is 44.3 Å². The zero-order valence-electron chi connectivity index (χ0n) is 18.5. The fourth-order valence-corrected chi connectivity index (χ4v) is 5.86. The molecule has 3 aromatic heterocycles. The van der Waals surface area contributed by atoms with Crippen LogP contribution in [0.5, 0.6) is 0 Å². The lowest BCUT2D eigenvalue weighted by atomic mass is 10.0. The van der Waals surface area contributed by atoms with E-state index in [-0.39, 0.29) is 12.0 Å². The minimum atomic E-state index is 0.0638. The van der Waals surface area contributed by atoms with Crippen molar-refractivity contribution in [2.45, 2.75) is 62.9 Å². The van der Waals surface area contributed by atoms with Crippen LogP contribution in [-0.2, 0) is 22.6 Å². The highest BCUT2D eigenvalue weighted by Crippen LogP contribution is 2.30. The third kappa shape index (κ3) is 5.42. The fourth-order valence-electron chi connectivity index (χ4n) is 4.32. The maximum atomic E-state index is 13.4. The summed E-state index contributed by atoms with van der Waals surface area (Å²) in [6, 6.07) is 7.86. The van der Waals surface area contributed by atoms with Gasteiger partial charge in [-0.25, -0.2) is 0 Å². The number of nitrogens with zero attached hydrogens (tertiary/aromatic N) is 4. The summed E-state index contributed by atoms with van der Waals surface area (Å²) in [5.41, 5.74) is 1.10. The summed E-state index contributed by atoms with van der Waals surface area (Å²) in [6.45, 7) is 1.97. The molecule has 1 atom stereocenters. The lowest BCUT2D eigenvalue weighted by molar-refractivity contribution is -0.127. The number of allylic oxidation sites excluding steroid dienone is 2. The van der Waals surface area contributed by atoms with Gasteiger partial charge in [-0.15, -0.1) is 21.5 Å². The summed E-state index contributed by atoms with van der Waals surface area (Å²) in [4.78, 5) is 16.3.